The Labute approximate surface area is 369 Å². The predicted molar refractivity (Wildman–Crippen MR) is 241 cm³/mol. The van der Waals surface area contributed by atoms with Crippen LogP contribution in [0.4, 0.5) is 4.79 Å². The topological polar surface area (TPSA) is 185 Å². The van der Waals surface area contributed by atoms with Crippen LogP contribution in [0.3, 0.4) is 0 Å². The highest BCUT2D eigenvalue weighted by Crippen LogP contribution is 2.49. The molecule has 63 heavy (non-hydrogen) atoms. The van der Waals surface area contributed by atoms with Crippen molar-refractivity contribution in [2.45, 2.75) is 108 Å². The van der Waals surface area contributed by atoms with Crippen molar-refractivity contribution in [1.82, 2.24) is 30.6 Å². The van der Waals surface area contributed by atoms with Gasteiger partial charge in [0, 0.05) is 41.0 Å². The van der Waals surface area contributed by atoms with Crippen molar-refractivity contribution >= 4 is 44.7 Å². The van der Waals surface area contributed by atoms with Gasteiger partial charge in [0.25, 0.3) is 5.91 Å². The van der Waals surface area contributed by atoms with Crippen LogP contribution < -0.4 is 30.1 Å². The molecule has 3 aromatic carbocycles. The minimum absolute atomic E-state index is 0.0121. The highest BCUT2D eigenvalue weighted by atomic mass is 32.2. The molecule has 14 nitrogen and oxygen atoms in total. The van der Waals surface area contributed by atoms with Crippen molar-refractivity contribution in [3.63, 3.8) is 0 Å². The van der Waals surface area contributed by atoms with Crippen LogP contribution in [0.5, 0.6) is 11.5 Å². The zero-order chi connectivity index (χ0) is 45.5. The summed E-state index contributed by atoms with van der Waals surface area (Å²) in [6.07, 6.45) is 1.93. The van der Waals surface area contributed by atoms with Crippen molar-refractivity contribution in [1.29, 1.82) is 0 Å². The zero-order valence-electron chi connectivity index (χ0n) is 37.0. The van der Waals surface area contributed by atoms with E-state index in [0.29, 0.717) is 40.9 Å². The maximum Gasteiger partial charge on any atom is 0.315 e. The lowest BCUT2D eigenvalue weighted by Crippen LogP contribution is -2.61. The maximum absolute atomic E-state index is 14.9. The first-order chi connectivity index (χ1) is 29.7. The van der Waals surface area contributed by atoms with E-state index in [1.54, 1.807) is 19.2 Å². The molecule has 4 aromatic rings. The quantitative estimate of drug-likeness (QED) is 0.110. The Balaban J connectivity index is 1.20. The standard InChI is InChI=1S/C48H58N6O8S/c1-9-32-28-48(32,43(57)53-63(59,60)47(22-23-47)27-30-16-12-10-13-17-30)51-41(55)38-25-34(29-54(38)42(56)40(45(2,3)4)50-44(58)52-46(5,6)7)62-39-26-36(31-18-14-11-15-19-31)49-37-24-33(61-8)20-21-35(37)39/h9-21,24,26,32,34,38,40H,1,22-23,25,27-29H2,2-8H3,(H,51,55)(H,53,57)(H2,50,52,58)/t32-,34+,38-,40+,48-/m0/s1. The van der Waals surface area contributed by atoms with E-state index in [2.05, 4.69) is 27.3 Å². The zero-order valence-corrected chi connectivity index (χ0v) is 37.8. The summed E-state index contributed by atoms with van der Waals surface area (Å²) in [5.74, 6) is -1.55. The monoisotopic (exact) mass is 878 g/mol. The number of hydrogen-bond donors (Lipinski definition) is 4. The number of nitrogens with zero attached hydrogens (tertiary/aromatic N) is 2. The summed E-state index contributed by atoms with van der Waals surface area (Å²) in [5.41, 5.74) is -0.107. The van der Waals surface area contributed by atoms with Gasteiger partial charge in [-0.3, -0.25) is 19.1 Å². The molecule has 0 bridgehead atoms. The van der Waals surface area contributed by atoms with E-state index < -0.39 is 79.1 Å². The second-order valence-corrected chi connectivity index (χ2v) is 21.2. The normalized spacial score (nSPS) is 22.0. The smallest absolute Gasteiger partial charge is 0.315 e. The number of nitrogens with one attached hydrogen (secondary N) is 4. The van der Waals surface area contributed by atoms with Crippen molar-refractivity contribution in [3.05, 3.63) is 103 Å². The van der Waals surface area contributed by atoms with E-state index in [4.69, 9.17) is 14.5 Å². The second-order valence-electron chi connectivity index (χ2n) is 19.2. The molecule has 2 heterocycles. The molecule has 2 saturated carbocycles. The largest absolute Gasteiger partial charge is 0.497 e. The van der Waals surface area contributed by atoms with Gasteiger partial charge in [0.15, 0.2) is 0 Å². The summed E-state index contributed by atoms with van der Waals surface area (Å²) >= 11 is 0. The first-order valence-electron chi connectivity index (χ1n) is 21.3. The number of carbonyl (C=O) groups is 4. The molecule has 334 valence electrons. The van der Waals surface area contributed by atoms with Crippen LogP contribution in [-0.2, 0) is 30.8 Å². The van der Waals surface area contributed by atoms with Crippen LogP contribution >= 0.6 is 0 Å². The van der Waals surface area contributed by atoms with Gasteiger partial charge in [-0.25, -0.2) is 18.2 Å². The summed E-state index contributed by atoms with van der Waals surface area (Å²) in [5, 5.41) is 9.27. The fraction of sp³-hybridized carbons (Fsp3) is 0.438. The molecule has 0 spiro atoms. The van der Waals surface area contributed by atoms with Gasteiger partial charge in [0.1, 0.15) is 35.2 Å². The van der Waals surface area contributed by atoms with Gasteiger partial charge in [-0.2, -0.15) is 0 Å². The Kier molecular flexibility index (Phi) is 12.1. The number of urea groups is 1. The molecular formula is C48H58N6O8S. The number of sulfonamides is 1. The van der Waals surface area contributed by atoms with Crippen LogP contribution in [-0.4, -0.2) is 89.7 Å². The third kappa shape index (κ3) is 9.68. The maximum atomic E-state index is 14.9. The number of carbonyl (C=O) groups excluding carboxylic acids is 4. The summed E-state index contributed by atoms with van der Waals surface area (Å²) in [7, 11) is -2.60. The fourth-order valence-corrected chi connectivity index (χ4v) is 9.98. The van der Waals surface area contributed by atoms with Crippen LogP contribution in [0.2, 0.25) is 0 Å². The number of amides is 5. The van der Waals surface area contributed by atoms with Gasteiger partial charge in [-0.15, -0.1) is 6.58 Å². The fourth-order valence-electron chi connectivity index (χ4n) is 8.34. The van der Waals surface area contributed by atoms with Crippen molar-refractivity contribution in [3.8, 4) is 22.8 Å². The summed E-state index contributed by atoms with van der Waals surface area (Å²) in [6, 6.07) is 23.3. The average molecular weight is 879 g/mol. The van der Waals surface area contributed by atoms with Gasteiger partial charge in [0.2, 0.25) is 21.8 Å². The van der Waals surface area contributed by atoms with E-state index in [9.17, 15) is 27.6 Å². The highest BCUT2D eigenvalue weighted by molar-refractivity contribution is 7.91. The molecule has 15 heteroatoms. The predicted octanol–water partition coefficient (Wildman–Crippen LogP) is 6.05. The SMILES string of the molecule is C=C[C@H]1C[C@@]1(NC(=O)[C@@H]1C[C@@H](Oc2cc(-c3ccccc3)nc3cc(OC)ccc23)CN1C(=O)[C@@H](NC(=O)NC(C)(C)C)C(C)(C)C)C(=O)NS(=O)(=O)C1(Cc2ccccc2)CC1. The van der Waals surface area contributed by atoms with Gasteiger partial charge < -0.3 is 30.3 Å². The van der Waals surface area contributed by atoms with Crippen LogP contribution in [0, 0.1) is 11.3 Å². The summed E-state index contributed by atoms with van der Waals surface area (Å²) < 4.78 is 41.2. The Hall–Kier alpha value is -5.96. The lowest BCUT2D eigenvalue weighted by atomic mass is 9.85. The van der Waals surface area contributed by atoms with E-state index in [-0.39, 0.29) is 25.8 Å². The Morgan fingerprint density at radius 1 is 0.952 bits per heavy atom. The summed E-state index contributed by atoms with van der Waals surface area (Å²) in [6.45, 7) is 14.7. The summed E-state index contributed by atoms with van der Waals surface area (Å²) in [4.78, 5) is 63.4. The third-order valence-electron chi connectivity index (χ3n) is 12.1. The number of rotatable bonds is 14. The molecular weight excluding hydrogens is 821 g/mol. The van der Waals surface area contributed by atoms with Crippen LogP contribution in [0.1, 0.15) is 72.8 Å². The van der Waals surface area contributed by atoms with E-state index in [1.807, 2.05) is 114 Å². The first-order valence-corrected chi connectivity index (χ1v) is 22.8. The minimum atomic E-state index is -4.17. The van der Waals surface area contributed by atoms with Gasteiger partial charge >= 0.3 is 6.03 Å². The molecule has 3 aliphatic rings. The second kappa shape index (κ2) is 17.0. The number of pyridine rings is 1. The minimum Gasteiger partial charge on any atom is -0.497 e. The van der Waals surface area contributed by atoms with Gasteiger partial charge in [-0.1, -0.05) is 87.5 Å². The molecule has 1 aliphatic heterocycles. The van der Waals surface area contributed by atoms with Crippen molar-refractivity contribution in [2.24, 2.45) is 11.3 Å². The first kappa shape index (κ1) is 45.1. The Morgan fingerprint density at radius 2 is 1.62 bits per heavy atom. The molecule has 0 unspecified atom stereocenters. The molecule has 7 rings (SSSR count). The number of likely N-dealkylation sites (tertiary alicyclic amines) is 1. The van der Waals surface area contributed by atoms with E-state index >= 15 is 0 Å². The number of aromatic nitrogens is 1. The number of fused-ring (bicyclic) bond motifs is 1. The molecule has 5 amide bonds. The van der Waals surface area contributed by atoms with E-state index in [0.717, 1.165) is 11.1 Å². The molecule has 4 N–H and O–H groups in total. The lowest BCUT2D eigenvalue weighted by Gasteiger charge is -2.36. The van der Waals surface area contributed by atoms with Crippen LogP contribution in [0.25, 0.3) is 22.2 Å². The molecule has 3 fully saturated rings. The van der Waals surface area contributed by atoms with Gasteiger partial charge in [-0.05, 0) is 69.6 Å². The highest BCUT2D eigenvalue weighted by Gasteiger charge is 2.63. The molecule has 1 saturated heterocycles. The Bertz CT molecular complexity index is 2520. The van der Waals surface area contributed by atoms with Gasteiger partial charge in [0.05, 0.1) is 29.6 Å². The number of hydrogen-bond acceptors (Lipinski definition) is 9. The van der Waals surface area contributed by atoms with E-state index in [1.165, 1.54) is 11.0 Å². The lowest BCUT2D eigenvalue weighted by molar-refractivity contribution is -0.142. The number of methoxy groups -OCH3 is 1. The van der Waals surface area contributed by atoms with Crippen molar-refractivity contribution < 1.29 is 37.1 Å². The average Bonchev–Trinajstić information content (AvgIpc) is 4.13. The molecule has 5 atom stereocenters. The third-order valence-corrected chi connectivity index (χ3v) is 14.2. The molecule has 1 aromatic heterocycles. The van der Waals surface area contributed by atoms with Crippen molar-refractivity contribution in [2.75, 3.05) is 13.7 Å². The molecule has 2 aliphatic carbocycles. The Morgan fingerprint density at radius 3 is 2.21 bits per heavy atom. The van der Waals surface area contributed by atoms with Crippen LogP contribution in [0.15, 0.2) is 97.6 Å². The molecule has 0 radical (unpaired) electrons. The number of benzene rings is 3. The number of ether oxygens (including phenoxy) is 2.